The first-order valence-electron chi connectivity index (χ1n) is 6.40. The van der Waals surface area contributed by atoms with Crippen LogP contribution in [-0.4, -0.2) is 28.3 Å². The minimum atomic E-state index is 0.217. The molecule has 1 saturated heterocycles. The van der Waals surface area contributed by atoms with Crippen molar-refractivity contribution in [3.05, 3.63) is 41.9 Å². The summed E-state index contributed by atoms with van der Waals surface area (Å²) in [6, 6.07) is 6.19. The van der Waals surface area contributed by atoms with Crippen molar-refractivity contribution in [2.45, 2.75) is 25.5 Å². The van der Waals surface area contributed by atoms with E-state index in [9.17, 15) is 0 Å². The molecule has 4 nitrogen and oxygen atoms in total. The molecule has 2 atom stereocenters. The van der Waals surface area contributed by atoms with Gasteiger partial charge in [-0.2, -0.15) is 0 Å². The van der Waals surface area contributed by atoms with Crippen molar-refractivity contribution in [3.63, 3.8) is 0 Å². The van der Waals surface area contributed by atoms with E-state index in [1.807, 2.05) is 29.0 Å². The molecule has 0 aliphatic carbocycles. The molecule has 0 spiro atoms. The van der Waals surface area contributed by atoms with Crippen molar-refractivity contribution >= 4 is 17.3 Å². The average Bonchev–Trinajstić information content (AvgIpc) is 3.03. The number of benzene rings is 1. The second-order valence-corrected chi connectivity index (χ2v) is 5.13. The molecule has 2 aromatic rings. The maximum Gasteiger partial charge on any atom is 0.0992 e. The van der Waals surface area contributed by atoms with Gasteiger partial charge < -0.3 is 14.6 Å². The minimum absolute atomic E-state index is 0.217. The highest BCUT2D eigenvalue weighted by Gasteiger charge is 2.25. The van der Waals surface area contributed by atoms with Crippen LogP contribution >= 0.6 is 11.6 Å². The minimum Gasteiger partial charge on any atom is -0.378 e. The van der Waals surface area contributed by atoms with Gasteiger partial charge in [0.05, 0.1) is 34.9 Å². The molecule has 100 valence electrons. The van der Waals surface area contributed by atoms with Crippen molar-refractivity contribution in [1.29, 1.82) is 0 Å². The van der Waals surface area contributed by atoms with Crippen LogP contribution in [0.25, 0.3) is 5.69 Å². The molecular weight excluding hydrogens is 262 g/mol. The predicted octanol–water partition coefficient (Wildman–Crippen LogP) is 3.12. The Balaban J connectivity index is 1.95. The Morgan fingerprint density at radius 1 is 1.47 bits per heavy atom. The summed E-state index contributed by atoms with van der Waals surface area (Å²) in [5.74, 6) is 0. The van der Waals surface area contributed by atoms with E-state index in [0.717, 1.165) is 24.4 Å². The molecule has 19 heavy (non-hydrogen) atoms. The van der Waals surface area contributed by atoms with Gasteiger partial charge in [-0.25, -0.2) is 4.98 Å². The number of nitrogens with one attached hydrogen (secondary N) is 1. The summed E-state index contributed by atoms with van der Waals surface area (Å²) in [7, 11) is 0. The average molecular weight is 278 g/mol. The Labute approximate surface area is 117 Å². The first kappa shape index (κ1) is 12.5. The van der Waals surface area contributed by atoms with E-state index in [2.05, 4.69) is 17.2 Å². The summed E-state index contributed by atoms with van der Waals surface area (Å²) in [5, 5.41) is 4.23. The van der Waals surface area contributed by atoms with Crippen LogP contribution in [0.15, 0.2) is 36.9 Å². The zero-order valence-electron chi connectivity index (χ0n) is 10.7. The number of hydrogen-bond donors (Lipinski definition) is 1. The highest BCUT2D eigenvalue weighted by Crippen LogP contribution is 2.30. The number of para-hydroxylation sites is 1. The normalized spacial score (nSPS) is 22.6. The quantitative estimate of drug-likeness (QED) is 0.937. The first-order valence-corrected chi connectivity index (χ1v) is 6.78. The molecule has 0 radical (unpaired) electrons. The van der Waals surface area contributed by atoms with E-state index >= 15 is 0 Å². The van der Waals surface area contributed by atoms with Crippen molar-refractivity contribution < 1.29 is 4.74 Å². The van der Waals surface area contributed by atoms with Crippen LogP contribution in [0.2, 0.25) is 5.02 Å². The Hall–Kier alpha value is -1.52. The fourth-order valence-corrected chi connectivity index (χ4v) is 2.68. The monoisotopic (exact) mass is 277 g/mol. The Bertz CT molecular complexity index is 556. The predicted molar refractivity (Wildman–Crippen MR) is 76.0 cm³/mol. The molecule has 0 bridgehead atoms. The molecule has 1 fully saturated rings. The summed E-state index contributed by atoms with van der Waals surface area (Å²) >= 11 is 6.32. The first-order chi connectivity index (χ1) is 9.25. The van der Waals surface area contributed by atoms with Crippen LogP contribution in [0.3, 0.4) is 0 Å². The van der Waals surface area contributed by atoms with Crippen molar-refractivity contribution in [3.8, 4) is 5.69 Å². The van der Waals surface area contributed by atoms with Crippen LogP contribution in [0.4, 0.5) is 5.69 Å². The summed E-state index contributed by atoms with van der Waals surface area (Å²) < 4.78 is 7.51. The van der Waals surface area contributed by atoms with Gasteiger partial charge in [-0.1, -0.05) is 17.7 Å². The third-order valence-corrected chi connectivity index (χ3v) is 3.77. The maximum absolute atomic E-state index is 6.32. The van der Waals surface area contributed by atoms with Gasteiger partial charge in [0.25, 0.3) is 0 Å². The van der Waals surface area contributed by atoms with E-state index in [4.69, 9.17) is 16.3 Å². The second kappa shape index (κ2) is 5.23. The lowest BCUT2D eigenvalue weighted by Crippen LogP contribution is -2.27. The van der Waals surface area contributed by atoms with Crippen LogP contribution in [0.1, 0.15) is 13.3 Å². The lowest BCUT2D eigenvalue weighted by atomic mass is 10.1. The third kappa shape index (κ3) is 2.46. The topological polar surface area (TPSA) is 39.1 Å². The molecule has 0 amide bonds. The molecule has 1 N–H and O–H groups in total. The fourth-order valence-electron chi connectivity index (χ4n) is 2.41. The number of aromatic nitrogens is 2. The highest BCUT2D eigenvalue weighted by molar-refractivity contribution is 6.33. The van der Waals surface area contributed by atoms with Gasteiger partial charge >= 0.3 is 0 Å². The van der Waals surface area contributed by atoms with Gasteiger partial charge in [0.15, 0.2) is 0 Å². The van der Waals surface area contributed by atoms with E-state index in [1.54, 1.807) is 12.5 Å². The summed E-state index contributed by atoms with van der Waals surface area (Å²) in [4.78, 5) is 4.08. The largest absolute Gasteiger partial charge is 0.378 e. The molecule has 1 aliphatic rings. The molecule has 1 aliphatic heterocycles. The number of imidazole rings is 1. The summed E-state index contributed by atoms with van der Waals surface area (Å²) in [6.45, 7) is 2.89. The van der Waals surface area contributed by atoms with Crippen LogP contribution < -0.4 is 5.32 Å². The summed E-state index contributed by atoms with van der Waals surface area (Å²) in [6.07, 6.45) is 6.61. The van der Waals surface area contributed by atoms with Gasteiger partial charge in [0.2, 0.25) is 0 Å². The zero-order valence-corrected chi connectivity index (χ0v) is 11.5. The Kier molecular flexibility index (Phi) is 3.44. The van der Waals surface area contributed by atoms with Gasteiger partial charge in [-0.05, 0) is 25.5 Å². The van der Waals surface area contributed by atoms with E-state index < -0.39 is 0 Å². The van der Waals surface area contributed by atoms with Gasteiger partial charge in [-0.15, -0.1) is 0 Å². The van der Waals surface area contributed by atoms with Crippen molar-refractivity contribution in [1.82, 2.24) is 9.55 Å². The molecule has 2 heterocycles. The SMILES string of the molecule is CC1OCCC1Nc1cccc(Cl)c1-n1ccnc1. The number of nitrogens with zero attached hydrogens (tertiary/aromatic N) is 2. The van der Waals surface area contributed by atoms with E-state index in [1.165, 1.54) is 0 Å². The fraction of sp³-hybridized carbons (Fsp3) is 0.357. The lowest BCUT2D eigenvalue weighted by molar-refractivity contribution is 0.121. The Morgan fingerprint density at radius 3 is 3.05 bits per heavy atom. The molecule has 1 aromatic carbocycles. The van der Waals surface area contributed by atoms with Crippen LogP contribution in [0, 0.1) is 0 Å². The molecule has 0 saturated carbocycles. The standard InChI is InChI=1S/C14H16ClN3O/c1-10-12(5-8-19-10)17-13-4-2-3-11(15)14(13)18-7-6-16-9-18/h2-4,6-7,9-10,12,17H,5,8H2,1H3. The smallest absolute Gasteiger partial charge is 0.0992 e. The molecule has 2 unspecified atom stereocenters. The highest BCUT2D eigenvalue weighted by atomic mass is 35.5. The number of halogens is 1. The third-order valence-electron chi connectivity index (χ3n) is 3.47. The maximum atomic E-state index is 6.32. The number of rotatable bonds is 3. The van der Waals surface area contributed by atoms with E-state index in [-0.39, 0.29) is 6.10 Å². The zero-order chi connectivity index (χ0) is 13.2. The van der Waals surface area contributed by atoms with Crippen LogP contribution in [-0.2, 0) is 4.74 Å². The molecular formula is C14H16ClN3O. The Morgan fingerprint density at radius 2 is 2.37 bits per heavy atom. The van der Waals surface area contributed by atoms with Gasteiger partial charge in [0, 0.05) is 19.0 Å². The number of hydrogen-bond acceptors (Lipinski definition) is 3. The van der Waals surface area contributed by atoms with Gasteiger partial charge in [-0.3, -0.25) is 0 Å². The summed E-state index contributed by atoms with van der Waals surface area (Å²) in [5.41, 5.74) is 1.94. The van der Waals surface area contributed by atoms with E-state index in [0.29, 0.717) is 11.1 Å². The number of anilines is 1. The second-order valence-electron chi connectivity index (χ2n) is 4.72. The molecule has 5 heteroatoms. The molecule has 3 rings (SSSR count). The van der Waals surface area contributed by atoms with Crippen molar-refractivity contribution in [2.75, 3.05) is 11.9 Å². The lowest BCUT2D eigenvalue weighted by Gasteiger charge is -2.20. The number of ether oxygens (including phenoxy) is 1. The van der Waals surface area contributed by atoms with Crippen LogP contribution in [0.5, 0.6) is 0 Å². The van der Waals surface area contributed by atoms with Crippen molar-refractivity contribution in [2.24, 2.45) is 0 Å². The van der Waals surface area contributed by atoms with Gasteiger partial charge in [0.1, 0.15) is 0 Å². The molecule has 1 aromatic heterocycles.